The predicted molar refractivity (Wildman–Crippen MR) is 18.5 cm³/mol. The van der Waals surface area contributed by atoms with Crippen LogP contribution >= 0.6 is 0 Å². The van der Waals surface area contributed by atoms with Crippen molar-refractivity contribution in [1.82, 2.24) is 0 Å². The van der Waals surface area contributed by atoms with E-state index in [-0.39, 0.29) is 33.9 Å². The maximum atomic E-state index is 2.14. The van der Waals surface area contributed by atoms with Gasteiger partial charge in [-0.15, -0.1) is 0 Å². The Balaban J connectivity index is -0.00000000500. The normalized spacial score (nSPS) is 2.00. The van der Waals surface area contributed by atoms with E-state index in [1.807, 2.05) is 0 Å². The Morgan fingerprint density at radius 2 is 1.25 bits per heavy atom. The first-order valence-electron chi connectivity index (χ1n) is 1.00. The zero-order chi connectivity index (χ0) is 2.00. The SMILES string of the molecule is B[SiH3].[Cr].[Ni]. The second-order valence-electron chi connectivity index (χ2n) is 0. The van der Waals surface area contributed by atoms with E-state index in [1.54, 1.807) is 0 Å². The van der Waals surface area contributed by atoms with Crippen LogP contribution in [0.2, 0.25) is 0 Å². The molecular formula is H5BCrNiSi. The van der Waals surface area contributed by atoms with Gasteiger partial charge in [0.05, 0.1) is 7.44 Å². The third-order valence-electron chi connectivity index (χ3n) is 0. The van der Waals surface area contributed by atoms with Crippen molar-refractivity contribution in [3.05, 3.63) is 0 Å². The van der Waals surface area contributed by atoms with Gasteiger partial charge in [-0.05, 0) is 10.1 Å². The standard InChI is InChI=1S/BH5Si.Cr.Ni/c1-2;;/h1H2,2H3;;. The molecule has 4 heavy (non-hydrogen) atoms. The van der Waals surface area contributed by atoms with Crippen LogP contribution in [0.4, 0.5) is 0 Å². The summed E-state index contributed by atoms with van der Waals surface area (Å²) in [7, 11) is 3.44. The maximum Gasteiger partial charge on any atom is 0.0852 e. The summed E-state index contributed by atoms with van der Waals surface area (Å²) >= 11 is 0. The Hall–Kier alpha value is 1.31. The molecule has 0 aromatic heterocycles. The average Bonchev–Trinajstić information content (AvgIpc) is 1.00. The van der Waals surface area contributed by atoms with Gasteiger partial charge in [0.25, 0.3) is 0 Å². The third kappa shape index (κ3) is 10.3. The quantitative estimate of drug-likeness (QED) is 0.351. The van der Waals surface area contributed by atoms with Crippen molar-refractivity contribution in [1.29, 1.82) is 0 Å². The average molecular weight is 155 g/mol. The molecule has 0 rings (SSSR count). The van der Waals surface area contributed by atoms with Crippen LogP contribution in [0.15, 0.2) is 0 Å². The van der Waals surface area contributed by atoms with Crippen molar-refractivity contribution in [3.63, 3.8) is 0 Å². The summed E-state index contributed by atoms with van der Waals surface area (Å²) in [5.74, 6) is 0. The number of rotatable bonds is 0. The second-order valence-corrected chi connectivity index (χ2v) is 0. The molecule has 0 N–H and O–H groups in total. The van der Waals surface area contributed by atoms with Crippen LogP contribution < -0.4 is 0 Å². The van der Waals surface area contributed by atoms with Gasteiger partial charge in [0.15, 0.2) is 0 Å². The molecule has 0 aliphatic carbocycles. The van der Waals surface area contributed by atoms with Gasteiger partial charge in [0.1, 0.15) is 0 Å². The first-order chi connectivity index (χ1) is 1.00. The van der Waals surface area contributed by atoms with E-state index >= 15 is 0 Å². The van der Waals surface area contributed by atoms with Gasteiger partial charge in [0.2, 0.25) is 0 Å². The molecule has 0 spiro atoms. The Labute approximate surface area is 51.6 Å². The van der Waals surface area contributed by atoms with Crippen LogP contribution in [-0.2, 0) is 33.9 Å². The molecule has 0 aromatic carbocycles. The van der Waals surface area contributed by atoms with Crippen LogP contribution in [0.1, 0.15) is 0 Å². The molecule has 0 nitrogen and oxygen atoms in total. The molecule has 0 saturated carbocycles. The molecule has 0 saturated heterocycles. The smallest absolute Gasteiger partial charge is 0.0304 e. The summed E-state index contributed by atoms with van der Waals surface area (Å²) in [5.41, 5.74) is 0. The molecule has 0 heterocycles. The van der Waals surface area contributed by atoms with Gasteiger partial charge in [-0.25, -0.2) is 0 Å². The van der Waals surface area contributed by atoms with Crippen molar-refractivity contribution in [2.75, 3.05) is 0 Å². The van der Waals surface area contributed by atoms with E-state index in [0.29, 0.717) is 0 Å². The number of hydrogen-bond donors (Lipinski definition) is 0. The molecule has 0 radical (unpaired) electrons. The summed E-state index contributed by atoms with van der Waals surface area (Å²) in [6.07, 6.45) is 0. The molecule has 0 fully saturated rings. The summed E-state index contributed by atoms with van der Waals surface area (Å²) in [5, 5.41) is 0. The molecule has 0 amide bonds. The zero-order valence-electron chi connectivity index (χ0n) is 2.72. The van der Waals surface area contributed by atoms with E-state index in [9.17, 15) is 0 Å². The molecule has 4 heteroatoms. The van der Waals surface area contributed by atoms with Crippen molar-refractivity contribution in [3.8, 4) is 0 Å². The van der Waals surface area contributed by atoms with Gasteiger partial charge < -0.3 is 0 Å². The van der Waals surface area contributed by atoms with Crippen molar-refractivity contribution in [2.24, 2.45) is 0 Å². The Morgan fingerprint density at radius 1 is 1.25 bits per heavy atom. The minimum atomic E-state index is 0. The van der Waals surface area contributed by atoms with Crippen molar-refractivity contribution >= 4 is 17.6 Å². The molecule has 0 unspecified atom stereocenters. The zero-order valence-corrected chi connectivity index (χ0v) is 6.99. The first kappa shape index (κ1) is 18.5. The minimum absolute atomic E-state index is 0. The van der Waals surface area contributed by atoms with E-state index in [1.165, 1.54) is 10.1 Å². The van der Waals surface area contributed by atoms with Crippen LogP contribution in [0.3, 0.4) is 0 Å². The van der Waals surface area contributed by atoms with Gasteiger partial charge in [-0.2, -0.15) is 0 Å². The van der Waals surface area contributed by atoms with E-state index in [0.717, 1.165) is 0 Å². The summed E-state index contributed by atoms with van der Waals surface area (Å²) in [6, 6.07) is 0. The number of hydrogen-bond acceptors (Lipinski definition) is 0. The molecule has 0 aromatic rings. The van der Waals surface area contributed by atoms with E-state index < -0.39 is 0 Å². The van der Waals surface area contributed by atoms with Crippen LogP contribution in [0.25, 0.3) is 0 Å². The maximum absolute atomic E-state index is 2.14. The van der Waals surface area contributed by atoms with Gasteiger partial charge in [0, 0.05) is 33.9 Å². The molecule has 0 bridgehead atoms. The molecule has 0 aliphatic heterocycles. The fourth-order valence-electron chi connectivity index (χ4n) is 0. The van der Waals surface area contributed by atoms with Crippen molar-refractivity contribution < 1.29 is 33.9 Å². The Bertz CT molecular complexity index is 8.00. The second kappa shape index (κ2) is 27.6. The van der Waals surface area contributed by atoms with Crippen molar-refractivity contribution in [2.45, 2.75) is 0 Å². The van der Waals surface area contributed by atoms with Gasteiger partial charge >= 0.3 is 0 Å². The fourth-order valence-corrected chi connectivity index (χ4v) is 0. The minimum Gasteiger partial charge on any atom is -0.0304 e. The largest absolute Gasteiger partial charge is 0.0852 e. The summed E-state index contributed by atoms with van der Waals surface area (Å²) in [6.45, 7) is 0. The van der Waals surface area contributed by atoms with E-state index in [2.05, 4.69) is 7.44 Å². The van der Waals surface area contributed by atoms with Crippen LogP contribution in [0, 0.1) is 0 Å². The monoisotopic (exact) mass is 154 g/mol. The van der Waals surface area contributed by atoms with Crippen LogP contribution in [0.5, 0.6) is 0 Å². The fraction of sp³-hybridized carbons (Fsp3) is 0. The third-order valence-corrected chi connectivity index (χ3v) is 0. The Kier molecular flexibility index (Phi) is 127. The molecule has 0 atom stereocenters. The van der Waals surface area contributed by atoms with Gasteiger partial charge in [-0.3, -0.25) is 0 Å². The first-order valence-corrected chi connectivity index (χ1v) is 3.00. The van der Waals surface area contributed by atoms with Gasteiger partial charge in [-0.1, -0.05) is 0 Å². The Morgan fingerprint density at radius 3 is 1.25 bits per heavy atom. The predicted octanol–water partition coefficient (Wildman–Crippen LogP) is -2.11. The van der Waals surface area contributed by atoms with E-state index in [4.69, 9.17) is 0 Å². The summed E-state index contributed by atoms with van der Waals surface area (Å²) < 4.78 is 0. The molecule has 28 valence electrons. The summed E-state index contributed by atoms with van der Waals surface area (Å²) in [4.78, 5) is 0. The van der Waals surface area contributed by atoms with Crippen LogP contribution in [-0.4, -0.2) is 17.6 Å². The topological polar surface area (TPSA) is 0 Å². The molecule has 0 aliphatic rings. The molecular weight excluding hydrogens is 150 g/mol.